The first-order chi connectivity index (χ1) is 6.16. The number of carbonyl (C=O) groups is 1. The highest BCUT2D eigenvalue weighted by molar-refractivity contribution is 5.73. The number of carbonyl (C=O) groups excluding carboxylic acids is 1. The van der Waals surface area contributed by atoms with E-state index in [0.717, 1.165) is 18.4 Å². The van der Waals surface area contributed by atoms with Crippen molar-refractivity contribution in [2.24, 2.45) is 5.92 Å². The average Bonchev–Trinajstić information content (AvgIpc) is 2.16. The third-order valence-corrected chi connectivity index (χ3v) is 2.31. The number of hydrogen-bond donors (Lipinski definition) is 0. The molecule has 3 nitrogen and oxygen atoms in total. The molecular formula is C10H16O3. The molecule has 0 N–H and O–H groups in total. The zero-order chi connectivity index (χ0) is 9.84. The Morgan fingerprint density at radius 3 is 2.85 bits per heavy atom. The SMILES string of the molecule is C=C(C)[C@@H]1OCCC[C@@H]1C(=O)OC. The quantitative estimate of drug-likeness (QED) is 0.482. The summed E-state index contributed by atoms with van der Waals surface area (Å²) in [6.07, 6.45) is 1.61. The van der Waals surface area contributed by atoms with E-state index in [1.54, 1.807) is 0 Å². The van der Waals surface area contributed by atoms with Gasteiger partial charge in [0.2, 0.25) is 0 Å². The van der Waals surface area contributed by atoms with Gasteiger partial charge < -0.3 is 9.47 Å². The Bertz CT molecular complexity index is 210. The van der Waals surface area contributed by atoms with Crippen molar-refractivity contribution in [2.75, 3.05) is 13.7 Å². The molecule has 74 valence electrons. The van der Waals surface area contributed by atoms with E-state index in [0.29, 0.717) is 6.61 Å². The fraction of sp³-hybridized carbons (Fsp3) is 0.700. The largest absolute Gasteiger partial charge is 0.469 e. The third kappa shape index (κ3) is 2.31. The van der Waals surface area contributed by atoms with E-state index in [-0.39, 0.29) is 18.0 Å². The van der Waals surface area contributed by atoms with Gasteiger partial charge in [-0.3, -0.25) is 4.79 Å². The van der Waals surface area contributed by atoms with Crippen LogP contribution >= 0.6 is 0 Å². The minimum atomic E-state index is -0.187. The van der Waals surface area contributed by atoms with E-state index >= 15 is 0 Å². The molecule has 1 rings (SSSR count). The molecule has 0 aromatic heterocycles. The molecule has 1 fully saturated rings. The van der Waals surface area contributed by atoms with Crippen molar-refractivity contribution in [2.45, 2.75) is 25.9 Å². The lowest BCUT2D eigenvalue weighted by atomic mass is 9.91. The Kier molecular flexibility index (Phi) is 3.48. The lowest BCUT2D eigenvalue weighted by Gasteiger charge is -2.30. The van der Waals surface area contributed by atoms with Gasteiger partial charge in [-0.1, -0.05) is 12.2 Å². The van der Waals surface area contributed by atoms with Crippen LogP contribution in [0.5, 0.6) is 0 Å². The summed E-state index contributed by atoms with van der Waals surface area (Å²) in [6, 6.07) is 0. The average molecular weight is 184 g/mol. The van der Waals surface area contributed by atoms with Gasteiger partial charge in [0.1, 0.15) is 0 Å². The predicted molar refractivity (Wildman–Crippen MR) is 49.3 cm³/mol. The van der Waals surface area contributed by atoms with Crippen LogP contribution in [-0.4, -0.2) is 25.8 Å². The van der Waals surface area contributed by atoms with Crippen LogP contribution < -0.4 is 0 Å². The molecule has 1 saturated heterocycles. The van der Waals surface area contributed by atoms with E-state index in [9.17, 15) is 4.79 Å². The van der Waals surface area contributed by atoms with Crippen LogP contribution in [0.25, 0.3) is 0 Å². The van der Waals surface area contributed by atoms with Gasteiger partial charge in [0.05, 0.1) is 19.1 Å². The van der Waals surface area contributed by atoms with Gasteiger partial charge in [-0.05, 0) is 19.8 Å². The van der Waals surface area contributed by atoms with Crippen molar-refractivity contribution in [3.63, 3.8) is 0 Å². The summed E-state index contributed by atoms with van der Waals surface area (Å²) in [7, 11) is 1.41. The molecule has 0 radical (unpaired) electrons. The first-order valence-corrected chi connectivity index (χ1v) is 4.51. The second kappa shape index (κ2) is 4.42. The van der Waals surface area contributed by atoms with E-state index in [1.807, 2.05) is 6.92 Å². The zero-order valence-corrected chi connectivity index (χ0v) is 8.21. The maximum Gasteiger partial charge on any atom is 0.311 e. The monoisotopic (exact) mass is 184 g/mol. The normalized spacial score (nSPS) is 28.2. The molecule has 0 unspecified atom stereocenters. The van der Waals surface area contributed by atoms with Crippen LogP contribution in [0.4, 0.5) is 0 Å². The molecular weight excluding hydrogens is 168 g/mol. The third-order valence-electron chi connectivity index (χ3n) is 2.31. The smallest absolute Gasteiger partial charge is 0.311 e. The number of methoxy groups -OCH3 is 1. The van der Waals surface area contributed by atoms with Gasteiger partial charge >= 0.3 is 5.97 Å². The van der Waals surface area contributed by atoms with Gasteiger partial charge in [0.25, 0.3) is 0 Å². The van der Waals surface area contributed by atoms with Crippen molar-refractivity contribution >= 4 is 5.97 Å². The summed E-state index contributed by atoms with van der Waals surface area (Å²) in [5, 5.41) is 0. The van der Waals surface area contributed by atoms with Gasteiger partial charge in [-0.25, -0.2) is 0 Å². The van der Waals surface area contributed by atoms with Crippen LogP contribution in [-0.2, 0) is 14.3 Å². The predicted octanol–water partition coefficient (Wildman–Crippen LogP) is 1.53. The molecule has 0 aromatic carbocycles. The topological polar surface area (TPSA) is 35.5 Å². The maximum absolute atomic E-state index is 11.3. The van der Waals surface area contributed by atoms with Gasteiger partial charge in [0, 0.05) is 6.61 Å². The van der Waals surface area contributed by atoms with Crippen molar-refractivity contribution in [3.8, 4) is 0 Å². The second-order valence-electron chi connectivity index (χ2n) is 3.41. The van der Waals surface area contributed by atoms with Gasteiger partial charge in [-0.15, -0.1) is 0 Å². The molecule has 3 heteroatoms. The van der Waals surface area contributed by atoms with Crippen molar-refractivity contribution in [1.29, 1.82) is 0 Å². The fourth-order valence-corrected chi connectivity index (χ4v) is 1.66. The number of ether oxygens (including phenoxy) is 2. The summed E-state index contributed by atoms with van der Waals surface area (Å²) in [5.74, 6) is -0.344. The summed E-state index contributed by atoms with van der Waals surface area (Å²) < 4.78 is 10.2. The molecule has 1 heterocycles. The molecule has 1 aliphatic heterocycles. The molecule has 0 bridgehead atoms. The first kappa shape index (κ1) is 10.3. The van der Waals surface area contributed by atoms with E-state index < -0.39 is 0 Å². The maximum atomic E-state index is 11.3. The lowest BCUT2D eigenvalue weighted by Crippen LogP contribution is -2.36. The van der Waals surface area contributed by atoms with Crippen molar-refractivity contribution < 1.29 is 14.3 Å². The second-order valence-corrected chi connectivity index (χ2v) is 3.41. The summed E-state index contributed by atoms with van der Waals surface area (Å²) in [4.78, 5) is 11.3. The lowest BCUT2D eigenvalue weighted by molar-refractivity contribution is -0.153. The minimum absolute atomic E-state index is 0.152. The van der Waals surface area contributed by atoms with Crippen LogP contribution in [0, 0.1) is 5.92 Å². The standard InChI is InChI=1S/C10H16O3/c1-7(2)9-8(10(11)12-3)5-4-6-13-9/h8-9H,1,4-6H2,2-3H3/t8-,9-/m0/s1. The Balaban J connectivity index is 2.67. The van der Waals surface area contributed by atoms with Crippen molar-refractivity contribution in [1.82, 2.24) is 0 Å². The highest BCUT2D eigenvalue weighted by Crippen LogP contribution is 2.26. The fourth-order valence-electron chi connectivity index (χ4n) is 1.66. The van der Waals surface area contributed by atoms with Crippen LogP contribution in [0.3, 0.4) is 0 Å². The summed E-state index contributed by atoms with van der Waals surface area (Å²) in [5.41, 5.74) is 0.898. The van der Waals surface area contributed by atoms with Crippen LogP contribution in [0.2, 0.25) is 0 Å². The molecule has 0 amide bonds. The Morgan fingerprint density at radius 2 is 2.31 bits per heavy atom. The highest BCUT2D eigenvalue weighted by atomic mass is 16.5. The van der Waals surface area contributed by atoms with Crippen LogP contribution in [0.1, 0.15) is 19.8 Å². The van der Waals surface area contributed by atoms with Crippen molar-refractivity contribution in [3.05, 3.63) is 12.2 Å². The number of hydrogen-bond acceptors (Lipinski definition) is 3. The summed E-state index contributed by atoms with van der Waals surface area (Å²) >= 11 is 0. The minimum Gasteiger partial charge on any atom is -0.469 e. The number of esters is 1. The Morgan fingerprint density at radius 1 is 1.62 bits per heavy atom. The van der Waals surface area contributed by atoms with E-state index in [1.165, 1.54) is 7.11 Å². The van der Waals surface area contributed by atoms with Gasteiger partial charge in [-0.2, -0.15) is 0 Å². The van der Waals surface area contributed by atoms with Gasteiger partial charge in [0.15, 0.2) is 0 Å². The molecule has 0 aliphatic carbocycles. The molecule has 0 spiro atoms. The number of rotatable bonds is 2. The molecule has 0 aromatic rings. The molecule has 13 heavy (non-hydrogen) atoms. The Labute approximate surface area is 78.7 Å². The molecule has 1 aliphatic rings. The zero-order valence-electron chi connectivity index (χ0n) is 8.21. The first-order valence-electron chi connectivity index (χ1n) is 4.51. The molecule has 2 atom stereocenters. The highest BCUT2D eigenvalue weighted by Gasteiger charge is 2.32. The van der Waals surface area contributed by atoms with Crippen LogP contribution in [0.15, 0.2) is 12.2 Å². The summed E-state index contributed by atoms with van der Waals surface area (Å²) in [6.45, 7) is 6.41. The van der Waals surface area contributed by atoms with E-state index in [4.69, 9.17) is 9.47 Å². The van der Waals surface area contributed by atoms with E-state index in [2.05, 4.69) is 6.58 Å². The Hall–Kier alpha value is -0.830. The molecule has 0 saturated carbocycles.